The van der Waals surface area contributed by atoms with E-state index in [1.165, 1.54) is 0 Å². The van der Waals surface area contributed by atoms with Crippen molar-refractivity contribution >= 4 is 19.4 Å². The van der Waals surface area contributed by atoms with Crippen molar-refractivity contribution in [1.29, 1.82) is 0 Å². The molecule has 0 heterocycles. The van der Waals surface area contributed by atoms with Crippen molar-refractivity contribution < 1.29 is 90.0 Å². The Balaban J connectivity index is -0.0000000279. The van der Waals surface area contributed by atoms with Crippen LogP contribution in [0.5, 0.6) is 0 Å². The Morgan fingerprint density at radius 1 is 0.846 bits per heavy atom. The summed E-state index contributed by atoms with van der Waals surface area (Å²) in [5.41, 5.74) is 0. The zero-order valence-corrected chi connectivity index (χ0v) is 7.37. The molecule has 0 spiro atoms. The minimum absolute atomic E-state index is 0. The normalized spacial score (nSPS) is 5.62. The smallest absolute Gasteiger partial charge is 0.907 e. The van der Waals surface area contributed by atoms with E-state index in [1.54, 1.807) is 0 Å². The molecule has 0 aromatic carbocycles. The van der Waals surface area contributed by atoms with E-state index in [9.17, 15) is 8.78 Å². The zero-order valence-electron chi connectivity index (χ0n) is 7.37. The van der Waals surface area contributed by atoms with Gasteiger partial charge in [-0.15, -0.1) is 0 Å². The molecule has 58 valence electrons. The van der Waals surface area contributed by atoms with Crippen molar-refractivity contribution in [1.82, 2.24) is 0 Å². The van der Waals surface area contributed by atoms with Crippen molar-refractivity contribution in [3.05, 3.63) is 0 Å². The molecule has 0 fully saturated rings. The number of rotatable bonds is 1. The quantitative estimate of drug-likeness (QED) is 0.223. The second kappa shape index (κ2) is 18.7. The van der Waals surface area contributed by atoms with E-state index in [-0.39, 0.29) is 56.6 Å². The maximum Gasteiger partial charge on any atom is 1.00 e. The Kier molecular flexibility index (Phi) is 41.9. The fraction of sp³-hybridized carbons (Fsp3) is 0. The molecule has 0 radical (unpaired) electrons. The zero-order chi connectivity index (χ0) is 8.73. The molecule has 0 saturated carbocycles. The average Bonchev–Trinajstić information content (AvgIpc) is 1.63. The molecular weight excluding hydrogens is 174 g/mol. The third kappa shape index (κ3) is 63.5. The largest absolute Gasteiger partial charge is 1.00 e. The van der Waals surface area contributed by atoms with Crippen LogP contribution in [0.4, 0.5) is 8.78 Å². The van der Waals surface area contributed by atoms with Crippen LogP contribution < -0.4 is 71.7 Å². The van der Waals surface area contributed by atoms with Gasteiger partial charge in [-0.25, -0.2) is 9.59 Å². The van der Waals surface area contributed by atoms with Gasteiger partial charge < -0.3 is 15.1 Å². The molecule has 13 heavy (non-hydrogen) atoms. The minimum Gasteiger partial charge on any atom is -0.907 e. The molecule has 0 aromatic rings. The molecule has 0 aromatic heterocycles. The standard InChI is InChI=1S/C2F2O2.BO3.3Li/c3-1(5)2(4)6;2-1(3)4;;;/q;-3;3*+1. The van der Waals surface area contributed by atoms with Crippen LogP contribution in [-0.4, -0.2) is 19.4 Å². The summed E-state index contributed by atoms with van der Waals surface area (Å²) < 4.78 is 20.9. The minimum atomic E-state index is -2.92. The van der Waals surface area contributed by atoms with Crippen LogP contribution in [0.15, 0.2) is 0 Å². The van der Waals surface area contributed by atoms with Crippen LogP contribution >= 0.6 is 0 Å². The number of carbonyl (C=O) groups is 2. The third-order valence-electron chi connectivity index (χ3n) is 0.155. The van der Waals surface area contributed by atoms with Crippen LogP contribution in [0.25, 0.3) is 0 Å². The Hall–Kier alpha value is 0.937. The van der Waals surface area contributed by atoms with Crippen LogP contribution in [0.3, 0.4) is 0 Å². The molecule has 0 amide bonds. The fourth-order valence-corrected chi connectivity index (χ4v) is 0. The number of hydrogen-bond donors (Lipinski definition) is 0. The first-order valence-electron chi connectivity index (χ1n) is 1.74. The van der Waals surface area contributed by atoms with Crippen molar-refractivity contribution in [2.24, 2.45) is 0 Å². The van der Waals surface area contributed by atoms with E-state index in [1.807, 2.05) is 0 Å². The van der Waals surface area contributed by atoms with Gasteiger partial charge in [0.25, 0.3) is 0 Å². The van der Waals surface area contributed by atoms with Crippen molar-refractivity contribution in [2.75, 3.05) is 0 Å². The Bertz CT molecular complexity index is 120. The molecule has 0 aliphatic rings. The number of carbonyl (C=O) groups excluding carboxylic acids is 2. The third-order valence-corrected chi connectivity index (χ3v) is 0.155. The molecule has 0 atom stereocenters. The summed E-state index contributed by atoms with van der Waals surface area (Å²) in [4.78, 5) is 17.5. The molecular formula is C2BF2Li3O5. The summed E-state index contributed by atoms with van der Waals surface area (Å²) >= 11 is 0. The van der Waals surface area contributed by atoms with Gasteiger partial charge in [-0.05, 0) is 0 Å². The van der Waals surface area contributed by atoms with Crippen LogP contribution in [-0.2, 0) is 9.59 Å². The topological polar surface area (TPSA) is 103 Å². The fourth-order valence-electron chi connectivity index (χ4n) is 0. The second-order valence-electron chi connectivity index (χ2n) is 0.836. The van der Waals surface area contributed by atoms with Crippen molar-refractivity contribution in [2.45, 2.75) is 0 Å². The molecule has 11 heteroatoms. The van der Waals surface area contributed by atoms with Gasteiger partial charge in [0.15, 0.2) is 0 Å². The Labute approximate surface area is 109 Å². The summed E-state index contributed by atoms with van der Waals surface area (Å²) in [7, 11) is -2.92. The first-order valence-corrected chi connectivity index (χ1v) is 1.74. The molecule has 5 nitrogen and oxygen atoms in total. The molecule has 0 bridgehead atoms. The SMILES string of the molecule is O=C(F)C(=O)F.[Li+].[Li+].[Li+].[O-]B([O-])[O-]. The molecule has 0 N–H and O–H groups in total. The van der Waals surface area contributed by atoms with Gasteiger partial charge in [-0.3, -0.25) is 7.32 Å². The monoisotopic (exact) mass is 174 g/mol. The van der Waals surface area contributed by atoms with Gasteiger partial charge in [0, 0.05) is 0 Å². The first-order chi connectivity index (χ1) is 4.37. The second-order valence-corrected chi connectivity index (χ2v) is 0.836. The van der Waals surface area contributed by atoms with Crippen molar-refractivity contribution in [3.8, 4) is 0 Å². The van der Waals surface area contributed by atoms with Gasteiger partial charge in [-0.1, -0.05) is 0 Å². The molecule has 0 saturated heterocycles. The van der Waals surface area contributed by atoms with E-state index in [0.717, 1.165) is 0 Å². The molecule has 0 unspecified atom stereocenters. The summed E-state index contributed by atoms with van der Waals surface area (Å²) in [6, 6.07) is -5.09. The van der Waals surface area contributed by atoms with Gasteiger partial charge in [0.1, 0.15) is 0 Å². The van der Waals surface area contributed by atoms with Crippen LogP contribution in [0.1, 0.15) is 0 Å². The van der Waals surface area contributed by atoms with E-state index < -0.39 is 19.4 Å². The predicted molar refractivity (Wildman–Crippen MR) is 18.0 cm³/mol. The number of halogens is 2. The van der Waals surface area contributed by atoms with Gasteiger partial charge >= 0.3 is 68.7 Å². The Morgan fingerprint density at radius 2 is 0.923 bits per heavy atom. The van der Waals surface area contributed by atoms with Crippen LogP contribution in [0, 0.1) is 0 Å². The van der Waals surface area contributed by atoms with E-state index in [4.69, 9.17) is 24.7 Å². The van der Waals surface area contributed by atoms with E-state index in [0.29, 0.717) is 0 Å². The summed E-state index contributed by atoms with van der Waals surface area (Å²) in [5.74, 6) is 0. The Morgan fingerprint density at radius 3 is 0.923 bits per heavy atom. The summed E-state index contributed by atoms with van der Waals surface area (Å²) in [6.07, 6.45) is 0. The van der Waals surface area contributed by atoms with E-state index in [2.05, 4.69) is 0 Å². The van der Waals surface area contributed by atoms with Crippen molar-refractivity contribution in [3.63, 3.8) is 0 Å². The molecule has 0 aliphatic carbocycles. The predicted octanol–water partition coefficient (Wildman–Crippen LogP) is -13.0. The first kappa shape index (κ1) is 29.2. The van der Waals surface area contributed by atoms with Gasteiger partial charge in [-0.2, -0.15) is 8.78 Å². The summed E-state index contributed by atoms with van der Waals surface area (Å²) in [5, 5.41) is 25.2. The maximum absolute atomic E-state index is 10.5. The summed E-state index contributed by atoms with van der Waals surface area (Å²) in [6.45, 7) is 0. The molecule has 0 aliphatic heterocycles. The number of hydrogen-bond acceptors (Lipinski definition) is 5. The van der Waals surface area contributed by atoms with Gasteiger partial charge in [0.05, 0.1) is 0 Å². The average molecular weight is 174 g/mol. The van der Waals surface area contributed by atoms with Crippen LogP contribution in [0.2, 0.25) is 0 Å². The molecule has 0 rings (SSSR count). The van der Waals surface area contributed by atoms with E-state index >= 15 is 0 Å². The van der Waals surface area contributed by atoms with Gasteiger partial charge in [0.2, 0.25) is 0 Å². The maximum atomic E-state index is 10.5.